The van der Waals surface area contributed by atoms with Gasteiger partial charge in [-0.2, -0.15) is 13.2 Å². The van der Waals surface area contributed by atoms with Crippen LogP contribution in [0.2, 0.25) is 0 Å². The average Bonchev–Trinajstić information content (AvgIpc) is 2.38. The number of ether oxygens (including phenoxy) is 1. The summed E-state index contributed by atoms with van der Waals surface area (Å²) in [6, 6.07) is 5.22. The summed E-state index contributed by atoms with van der Waals surface area (Å²) in [7, 11) is 0. The number of alkyl halides is 3. The second-order valence-electron chi connectivity index (χ2n) is 5.55. The average molecular weight is 302 g/mol. The predicted molar refractivity (Wildman–Crippen MR) is 74.8 cm³/mol. The third-order valence-electron chi connectivity index (χ3n) is 3.74. The van der Waals surface area contributed by atoms with E-state index in [4.69, 9.17) is 10.5 Å². The summed E-state index contributed by atoms with van der Waals surface area (Å²) in [4.78, 5) is 1.99. The van der Waals surface area contributed by atoms with Crippen molar-refractivity contribution >= 4 is 0 Å². The SMILES string of the molecule is CC1CN(C(CN)c2ccccc2C(F)(F)F)CC(C)O1. The minimum atomic E-state index is -4.37. The van der Waals surface area contributed by atoms with E-state index in [0.29, 0.717) is 13.1 Å². The molecule has 1 aliphatic heterocycles. The second kappa shape index (κ2) is 6.34. The Morgan fingerprint density at radius 1 is 1.24 bits per heavy atom. The molecule has 0 aromatic heterocycles. The minimum Gasteiger partial charge on any atom is -0.373 e. The van der Waals surface area contributed by atoms with Crippen molar-refractivity contribution in [2.24, 2.45) is 5.73 Å². The van der Waals surface area contributed by atoms with Crippen LogP contribution in [0.15, 0.2) is 24.3 Å². The molecule has 2 rings (SSSR count). The lowest BCUT2D eigenvalue weighted by molar-refractivity contribution is -0.139. The molecule has 0 radical (unpaired) electrons. The molecule has 1 aromatic carbocycles. The molecule has 0 amide bonds. The zero-order valence-electron chi connectivity index (χ0n) is 12.2. The fraction of sp³-hybridized carbons (Fsp3) is 0.600. The standard InChI is InChI=1S/C15H21F3N2O/c1-10-8-20(9-11(2)21-10)14(7-19)12-5-3-4-6-13(12)15(16,17)18/h3-6,10-11,14H,7-9,19H2,1-2H3. The molecule has 1 heterocycles. The Bertz CT molecular complexity index is 468. The molecule has 3 atom stereocenters. The molecule has 1 aliphatic rings. The smallest absolute Gasteiger partial charge is 0.373 e. The third kappa shape index (κ3) is 3.75. The van der Waals surface area contributed by atoms with E-state index < -0.39 is 17.8 Å². The van der Waals surface area contributed by atoms with Gasteiger partial charge in [0.15, 0.2) is 0 Å². The van der Waals surface area contributed by atoms with E-state index in [1.54, 1.807) is 6.07 Å². The molecule has 0 bridgehead atoms. The van der Waals surface area contributed by atoms with Crippen molar-refractivity contribution in [3.8, 4) is 0 Å². The summed E-state index contributed by atoms with van der Waals surface area (Å²) in [5.74, 6) is 0. The van der Waals surface area contributed by atoms with Gasteiger partial charge in [-0.05, 0) is 25.5 Å². The van der Waals surface area contributed by atoms with Crippen LogP contribution in [0.3, 0.4) is 0 Å². The maximum absolute atomic E-state index is 13.2. The van der Waals surface area contributed by atoms with Crippen molar-refractivity contribution in [3.63, 3.8) is 0 Å². The highest BCUT2D eigenvalue weighted by atomic mass is 19.4. The van der Waals surface area contributed by atoms with Gasteiger partial charge in [-0.3, -0.25) is 4.90 Å². The molecule has 0 saturated carbocycles. The van der Waals surface area contributed by atoms with E-state index in [-0.39, 0.29) is 24.3 Å². The number of nitrogens with two attached hydrogens (primary N) is 1. The Hall–Kier alpha value is -1.11. The molecular formula is C15H21F3N2O. The Morgan fingerprint density at radius 2 is 1.81 bits per heavy atom. The largest absolute Gasteiger partial charge is 0.416 e. The first-order valence-electron chi connectivity index (χ1n) is 7.08. The summed E-state index contributed by atoms with van der Waals surface area (Å²) in [5, 5.41) is 0. The van der Waals surface area contributed by atoms with Gasteiger partial charge in [0, 0.05) is 25.7 Å². The van der Waals surface area contributed by atoms with E-state index in [1.807, 2.05) is 18.7 Å². The molecule has 21 heavy (non-hydrogen) atoms. The van der Waals surface area contributed by atoms with Gasteiger partial charge in [0.05, 0.1) is 17.8 Å². The van der Waals surface area contributed by atoms with Crippen LogP contribution >= 0.6 is 0 Å². The van der Waals surface area contributed by atoms with Gasteiger partial charge in [0.1, 0.15) is 0 Å². The number of nitrogens with zero attached hydrogens (tertiary/aromatic N) is 1. The van der Waals surface area contributed by atoms with Crippen LogP contribution in [-0.2, 0) is 10.9 Å². The normalized spacial score (nSPS) is 25.8. The molecular weight excluding hydrogens is 281 g/mol. The maximum Gasteiger partial charge on any atom is 0.416 e. The topological polar surface area (TPSA) is 38.5 Å². The van der Waals surface area contributed by atoms with E-state index in [2.05, 4.69) is 0 Å². The van der Waals surface area contributed by atoms with Crippen molar-refractivity contribution in [2.45, 2.75) is 38.3 Å². The second-order valence-corrected chi connectivity index (χ2v) is 5.55. The first kappa shape index (κ1) is 16.3. The van der Waals surface area contributed by atoms with Gasteiger partial charge in [0.2, 0.25) is 0 Å². The summed E-state index contributed by atoms with van der Waals surface area (Å²) in [6.07, 6.45) is -4.39. The Morgan fingerprint density at radius 3 is 2.33 bits per heavy atom. The van der Waals surface area contributed by atoms with Crippen molar-refractivity contribution in [3.05, 3.63) is 35.4 Å². The van der Waals surface area contributed by atoms with Gasteiger partial charge in [-0.1, -0.05) is 18.2 Å². The molecule has 1 saturated heterocycles. The number of hydrogen-bond donors (Lipinski definition) is 1. The molecule has 1 fully saturated rings. The van der Waals surface area contributed by atoms with E-state index in [1.165, 1.54) is 12.1 Å². The lowest BCUT2D eigenvalue weighted by atomic mass is 9.97. The lowest BCUT2D eigenvalue weighted by Gasteiger charge is -2.40. The van der Waals surface area contributed by atoms with Crippen LogP contribution in [0, 0.1) is 0 Å². The highest BCUT2D eigenvalue weighted by Crippen LogP contribution is 2.36. The maximum atomic E-state index is 13.2. The summed E-state index contributed by atoms with van der Waals surface area (Å²) < 4.78 is 45.2. The molecule has 1 aromatic rings. The first-order chi connectivity index (χ1) is 9.82. The molecule has 6 heteroatoms. The fourth-order valence-electron chi connectivity index (χ4n) is 2.99. The van der Waals surface area contributed by atoms with Gasteiger partial charge < -0.3 is 10.5 Å². The highest BCUT2D eigenvalue weighted by Gasteiger charge is 2.37. The molecule has 0 spiro atoms. The Kier molecular flexibility index (Phi) is 4.91. The van der Waals surface area contributed by atoms with E-state index in [0.717, 1.165) is 6.07 Å². The predicted octanol–water partition coefficient (Wildman–Crippen LogP) is 2.81. The third-order valence-corrected chi connectivity index (χ3v) is 3.74. The Labute approximate surface area is 122 Å². The van der Waals surface area contributed by atoms with Crippen LogP contribution in [0.1, 0.15) is 31.0 Å². The van der Waals surface area contributed by atoms with Crippen molar-refractivity contribution in [2.75, 3.05) is 19.6 Å². The first-order valence-corrected chi connectivity index (χ1v) is 7.08. The van der Waals surface area contributed by atoms with Gasteiger partial charge in [0.25, 0.3) is 0 Å². The minimum absolute atomic E-state index is 0.0131. The summed E-state index contributed by atoms with van der Waals surface area (Å²) >= 11 is 0. The van der Waals surface area contributed by atoms with Gasteiger partial charge in [-0.25, -0.2) is 0 Å². The van der Waals surface area contributed by atoms with Crippen LogP contribution in [0.25, 0.3) is 0 Å². The molecule has 3 nitrogen and oxygen atoms in total. The van der Waals surface area contributed by atoms with E-state index >= 15 is 0 Å². The Balaban J connectivity index is 2.34. The zero-order valence-corrected chi connectivity index (χ0v) is 12.2. The molecule has 3 unspecified atom stereocenters. The number of halogens is 3. The number of rotatable bonds is 3. The molecule has 118 valence electrons. The van der Waals surface area contributed by atoms with Crippen LogP contribution in [0.5, 0.6) is 0 Å². The fourth-order valence-corrected chi connectivity index (χ4v) is 2.99. The van der Waals surface area contributed by atoms with Crippen molar-refractivity contribution in [1.82, 2.24) is 4.90 Å². The van der Waals surface area contributed by atoms with Crippen LogP contribution in [0.4, 0.5) is 13.2 Å². The molecule has 2 N–H and O–H groups in total. The van der Waals surface area contributed by atoms with Crippen LogP contribution < -0.4 is 5.73 Å². The lowest BCUT2D eigenvalue weighted by Crippen LogP contribution is -2.48. The van der Waals surface area contributed by atoms with Crippen LogP contribution in [-0.4, -0.2) is 36.7 Å². The summed E-state index contributed by atoms with van der Waals surface area (Å²) in [6.45, 7) is 5.15. The van der Waals surface area contributed by atoms with E-state index in [9.17, 15) is 13.2 Å². The molecule has 0 aliphatic carbocycles. The quantitative estimate of drug-likeness (QED) is 0.933. The number of morpholine rings is 1. The van der Waals surface area contributed by atoms with Gasteiger partial charge >= 0.3 is 6.18 Å². The monoisotopic (exact) mass is 302 g/mol. The van der Waals surface area contributed by atoms with Crippen molar-refractivity contribution in [1.29, 1.82) is 0 Å². The van der Waals surface area contributed by atoms with Gasteiger partial charge in [-0.15, -0.1) is 0 Å². The summed E-state index contributed by atoms with van der Waals surface area (Å²) in [5.41, 5.74) is 5.43. The number of hydrogen-bond acceptors (Lipinski definition) is 3. The highest BCUT2D eigenvalue weighted by molar-refractivity contribution is 5.33. The van der Waals surface area contributed by atoms with Crippen molar-refractivity contribution < 1.29 is 17.9 Å². The zero-order chi connectivity index (χ0) is 15.6. The number of benzene rings is 1.